The van der Waals surface area contributed by atoms with E-state index in [1.165, 1.54) is 11.3 Å². The predicted molar refractivity (Wildman–Crippen MR) is 72.4 cm³/mol. The summed E-state index contributed by atoms with van der Waals surface area (Å²) in [6.45, 7) is 2.83. The van der Waals surface area contributed by atoms with Gasteiger partial charge in [0.2, 0.25) is 0 Å². The van der Waals surface area contributed by atoms with Gasteiger partial charge in [-0.1, -0.05) is 23.9 Å². The van der Waals surface area contributed by atoms with Crippen LogP contribution in [0.25, 0.3) is 0 Å². The topological polar surface area (TPSA) is 27.6 Å². The Morgan fingerprint density at radius 2 is 2.12 bits per heavy atom. The van der Waals surface area contributed by atoms with E-state index in [1.807, 2.05) is 7.05 Å². The van der Waals surface area contributed by atoms with E-state index in [9.17, 15) is 0 Å². The molecule has 3 nitrogen and oxygen atoms in total. The Labute approximate surface area is 101 Å². The maximum absolute atomic E-state index is 4.46. The molecule has 1 aliphatic rings. The number of rotatable bonds is 3. The van der Waals surface area contributed by atoms with E-state index in [4.69, 9.17) is 0 Å². The fourth-order valence-corrected chi connectivity index (χ4v) is 2.48. The molecule has 1 aliphatic heterocycles. The molecule has 2 rings (SSSR count). The average molecular weight is 235 g/mol. The third-order valence-electron chi connectivity index (χ3n) is 2.61. The number of benzene rings is 1. The number of thioether (sulfide) groups is 1. The summed E-state index contributed by atoms with van der Waals surface area (Å²) in [6, 6.07) is 8.68. The van der Waals surface area contributed by atoms with E-state index >= 15 is 0 Å². The molecule has 1 aromatic carbocycles. The molecule has 0 amide bonds. The van der Waals surface area contributed by atoms with Gasteiger partial charge in [-0.2, -0.15) is 0 Å². The average Bonchev–Trinajstić information content (AvgIpc) is 2.78. The summed E-state index contributed by atoms with van der Waals surface area (Å²) in [5.41, 5.74) is 2.55. The van der Waals surface area contributed by atoms with Crippen LogP contribution in [0.5, 0.6) is 0 Å². The number of nitrogens with zero attached hydrogens (tertiary/aromatic N) is 2. The van der Waals surface area contributed by atoms with Crippen molar-refractivity contribution in [2.45, 2.75) is 6.54 Å². The Morgan fingerprint density at radius 1 is 1.38 bits per heavy atom. The molecule has 0 saturated carbocycles. The first-order valence-corrected chi connectivity index (χ1v) is 6.67. The molecule has 0 aromatic heterocycles. The summed E-state index contributed by atoms with van der Waals surface area (Å²) < 4.78 is 0. The Balaban J connectivity index is 2.12. The van der Waals surface area contributed by atoms with E-state index in [2.05, 4.69) is 45.7 Å². The molecule has 86 valence electrons. The SMILES string of the molecule is CNCc1ccc(N2CCN=C2SC)cc1. The second-order valence-corrected chi connectivity index (χ2v) is 4.49. The lowest BCUT2D eigenvalue weighted by Crippen LogP contribution is -2.24. The minimum absolute atomic E-state index is 0.911. The maximum Gasteiger partial charge on any atom is 0.163 e. The lowest BCUT2D eigenvalue weighted by Gasteiger charge is -2.19. The minimum Gasteiger partial charge on any atom is -0.319 e. The Morgan fingerprint density at radius 3 is 2.75 bits per heavy atom. The lowest BCUT2D eigenvalue weighted by molar-refractivity contribution is 0.818. The summed E-state index contributed by atoms with van der Waals surface area (Å²) in [6.07, 6.45) is 2.08. The summed E-state index contributed by atoms with van der Waals surface area (Å²) >= 11 is 1.71. The third-order valence-corrected chi connectivity index (χ3v) is 3.33. The van der Waals surface area contributed by atoms with Gasteiger partial charge in [-0.25, -0.2) is 0 Å². The van der Waals surface area contributed by atoms with E-state index < -0.39 is 0 Å². The van der Waals surface area contributed by atoms with Crippen molar-refractivity contribution in [1.29, 1.82) is 0 Å². The second kappa shape index (κ2) is 5.37. The highest BCUT2D eigenvalue weighted by molar-refractivity contribution is 8.13. The van der Waals surface area contributed by atoms with Gasteiger partial charge < -0.3 is 10.2 Å². The predicted octanol–water partition coefficient (Wildman–Crippen LogP) is 1.95. The van der Waals surface area contributed by atoms with Crippen molar-refractivity contribution >= 4 is 22.6 Å². The first-order valence-electron chi connectivity index (χ1n) is 5.44. The highest BCUT2D eigenvalue weighted by Gasteiger charge is 2.17. The molecule has 4 heteroatoms. The molecule has 0 spiro atoms. The van der Waals surface area contributed by atoms with Gasteiger partial charge in [0.15, 0.2) is 5.17 Å². The highest BCUT2D eigenvalue weighted by Crippen LogP contribution is 2.22. The zero-order chi connectivity index (χ0) is 11.4. The van der Waals surface area contributed by atoms with Gasteiger partial charge in [-0.3, -0.25) is 4.99 Å². The number of nitrogens with one attached hydrogen (secondary N) is 1. The molecule has 1 heterocycles. The van der Waals surface area contributed by atoms with Crippen molar-refractivity contribution in [3.63, 3.8) is 0 Å². The van der Waals surface area contributed by atoms with Gasteiger partial charge in [0.05, 0.1) is 6.54 Å². The quantitative estimate of drug-likeness (QED) is 0.867. The van der Waals surface area contributed by atoms with E-state index in [0.29, 0.717) is 0 Å². The van der Waals surface area contributed by atoms with Gasteiger partial charge in [0, 0.05) is 18.8 Å². The van der Waals surface area contributed by atoms with Crippen LogP contribution in [-0.4, -0.2) is 31.6 Å². The van der Waals surface area contributed by atoms with Crippen molar-refractivity contribution < 1.29 is 0 Å². The standard InChI is InChI=1S/C12H17N3S/c1-13-9-10-3-5-11(6-4-10)15-8-7-14-12(15)16-2/h3-6,13H,7-9H2,1-2H3. The summed E-state index contributed by atoms with van der Waals surface area (Å²) in [5.74, 6) is 0. The van der Waals surface area contributed by atoms with Gasteiger partial charge in [-0.05, 0) is 31.0 Å². The van der Waals surface area contributed by atoms with E-state index in [0.717, 1.165) is 24.8 Å². The molecule has 16 heavy (non-hydrogen) atoms. The maximum atomic E-state index is 4.46. The van der Waals surface area contributed by atoms with Crippen LogP contribution in [0, 0.1) is 0 Å². The normalized spacial score (nSPS) is 15.4. The van der Waals surface area contributed by atoms with Crippen LogP contribution < -0.4 is 10.2 Å². The number of amidine groups is 1. The number of hydrogen-bond donors (Lipinski definition) is 1. The van der Waals surface area contributed by atoms with Crippen LogP contribution in [-0.2, 0) is 6.54 Å². The minimum atomic E-state index is 0.911. The first-order chi connectivity index (χ1) is 7.85. The fourth-order valence-electron chi connectivity index (χ4n) is 1.84. The largest absolute Gasteiger partial charge is 0.319 e. The molecular formula is C12H17N3S. The lowest BCUT2D eigenvalue weighted by atomic mass is 10.2. The molecule has 0 saturated heterocycles. The Kier molecular flexibility index (Phi) is 3.85. The van der Waals surface area contributed by atoms with Crippen molar-refractivity contribution in [1.82, 2.24) is 5.32 Å². The first kappa shape index (κ1) is 11.5. The zero-order valence-electron chi connectivity index (χ0n) is 9.73. The van der Waals surface area contributed by atoms with E-state index in [-0.39, 0.29) is 0 Å². The van der Waals surface area contributed by atoms with Gasteiger partial charge >= 0.3 is 0 Å². The molecule has 1 N–H and O–H groups in total. The smallest absolute Gasteiger partial charge is 0.163 e. The van der Waals surface area contributed by atoms with Crippen LogP contribution in [0.4, 0.5) is 5.69 Å². The molecule has 0 atom stereocenters. The van der Waals surface area contributed by atoms with Crippen LogP contribution in [0.3, 0.4) is 0 Å². The highest BCUT2D eigenvalue weighted by atomic mass is 32.2. The second-order valence-electron chi connectivity index (χ2n) is 3.72. The number of aliphatic imine (C=N–C) groups is 1. The summed E-state index contributed by atoms with van der Waals surface area (Å²) in [5, 5.41) is 4.28. The molecule has 0 fully saturated rings. The van der Waals surface area contributed by atoms with Crippen LogP contribution in [0.2, 0.25) is 0 Å². The van der Waals surface area contributed by atoms with Gasteiger partial charge in [0.25, 0.3) is 0 Å². The van der Waals surface area contributed by atoms with Crippen molar-refractivity contribution in [3.05, 3.63) is 29.8 Å². The Bertz CT molecular complexity index is 372. The summed E-state index contributed by atoms with van der Waals surface area (Å²) in [7, 11) is 1.97. The number of anilines is 1. The van der Waals surface area contributed by atoms with Crippen LogP contribution in [0.15, 0.2) is 29.3 Å². The zero-order valence-corrected chi connectivity index (χ0v) is 10.5. The molecule has 0 radical (unpaired) electrons. The molecule has 1 aromatic rings. The number of hydrogen-bond acceptors (Lipinski definition) is 4. The van der Waals surface area contributed by atoms with Gasteiger partial charge in [-0.15, -0.1) is 0 Å². The van der Waals surface area contributed by atoms with E-state index in [1.54, 1.807) is 11.8 Å². The molecule has 0 unspecified atom stereocenters. The van der Waals surface area contributed by atoms with Crippen LogP contribution >= 0.6 is 11.8 Å². The van der Waals surface area contributed by atoms with Crippen molar-refractivity contribution in [3.8, 4) is 0 Å². The third kappa shape index (κ3) is 2.39. The summed E-state index contributed by atoms with van der Waals surface area (Å²) in [4.78, 5) is 6.74. The fraction of sp³-hybridized carbons (Fsp3) is 0.417. The van der Waals surface area contributed by atoms with Crippen LogP contribution in [0.1, 0.15) is 5.56 Å². The van der Waals surface area contributed by atoms with Gasteiger partial charge in [0.1, 0.15) is 0 Å². The monoisotopic (exact) mass is 235 g/mol. The molecule has 0 aliphatic carbocycles. The Hall–Kier alpha value is -1.000. The van der Waals surface area contributed by atoms with Crippen molar-refractivity contribution in [2.75, 3.05) is 31.3 Å². The van der Waals surface area contributed by atoms with Crippen molar-refractivity contribution in [2.24, 2.45) is 4.99 Å². The molecule has 0 bridgehead atoms. The molecular weight excluding hydrogens is 218 g/mol.